The Morgan fingerprint density at radius 2 is 1.41 bits per heavy atom. The number of rotatable bonds is 4. The summed E-state index contributed by atoms with van der Waals surface area (Å²) in [6, 6.07) is 29.1. The molecule has 4 aromatic carbocycles. The molecule has 0 saturated carbocycles. The second-order valence-corrected chi connectivity index (χ2v) is 10.4. The van der Waals surface area contributed by atoms with Gasteiger partial charge in [-0.1, -0.05) is 97.6 Å². The topological polar surface area (TPSA) is 40.5 Å². The quantitative estimate of drug-likeness (QED) is 0.313. The molecule has 2 aliphatic carbocycles. The van der Waals surface area contributed by atoms with Gasteiger partial charge in [0, 0.05) is 0 Å². The van der Waals surface area contributed by atoms with Gasteiger partial charge in [0.2, 0.25) is 0 Å². The Labute approximate surface area is 217 Å². The minimum atomic E-state index is -1.31. The lowest BCUT2D eigenvalue weighted by molar-refractivity contribution is 0.0653. The molecule has 0 aliphatic heterocycles. The van der Waals surface area contributed by atoms with E-state index in [4.69, 9.17) is 0 Å². The zero-order valence-electron chi connectivity index (χ0n) is 20.8. The van der Waals surface area contributed by atoms with Crippen LogP contribution < -0.4 is 0 Å². The molecule has 0 fully saturated rings. The van der Waals surface area contributed by atoms with E-state index in [0.717, 1.165) is 39.8 Å². The highest BCUT2D eigenvalue weighted by atomic mass is 19.1. The Balaban J connectivity index is 1.46. The van der Waals surface area contributed by atoms with Crippen molar-refractivity contribution in [3.05, 3.63) is 154 Å². The van der Waals surface area contributed by atoms with Gasteiger partial charge in [0.05, 0.1) is 0 Å². The fourth-order valence-corrected chi connectivity index (χ4v) is 6.67. The van der Waals surface area contributed by atoms with Gasteiger partial charge in [-0.2, -0.15) is 0 Å². The predicted octanol–water partition coefficient (Wildman–Crippen LogP) is 6.70. The van der Waals surface area contributed by atoms with Crippen LogP contribution in [-0.4, -0.2) is 10.2 Å². The summed E-state index contributed by atoms with van der Waals surface area (Å²) >= 11 is 0. The molecule has 2 N–H and O–H groups in total. The fraction of sp³-hybridized carbons (Fsp3) is 0.235. The largest absolute Gasteiger partial charge is 0.380 e. The fourth-order valence-electron chi connectivity index (χ4n) is 6.67. The Hall–Kier alpha value is -3.53. The molecule has 0 heterocycles. The van der Waals surface area contributed by atoms with Crippen LogP contribution in [0.3, 0.4) is 0 Å². The molecule has 3 atom stereocenters. The lowest BCUT2D eigenvalue weighted by atomic mass is 9.76. The normalized spacial score (nSPS) is 24.0. The molecule has 0 bridgehead atoms. The molecule has 2 nitrogen and oxygen atoms in total. The molecule has 3 unspecified atom stereocenters. The van der Waals surface area contributed by atoms with E-state index in [2.05, 4.69) is 18.7 Å². The molecule has 6 rings (SSSR count). The summed E-state index contributed by atoms with van der Waals surface area (Å²) in [7, 11) is 0. The van der Waals surface area contributed by atoms with Crippen molar-refractivity contribution in [1.82, 2.24) is 0 Å². The van der Waals surface area contributed by atoms with Crippen molar-refractivity contribution in [3.63, 3.8) is 0 Å². The molecule has 3 heteroatoms. The average molecular weight is 491 g/mol. The summed E-state index contributed by atoms with van der Waals surface area (Å²) in [4.78, 5) is 0. The number of fused-ring (bicyclic) bond motifs is 4. The summed E-state index contributed by atoms with van der Waals surface area (Å²) in [6.45, 7) is 3.99. The van der Waals surface area contributed by atoms with E-state index in [9.17, 15) is 10.2 Å². The molecule has 0 radical (unpaired) electrons. The zero-order valence-corrected chi connectivity index (χ0v) is 20.8. The van der Waals surface area contributed by atoms with Crippen molar-refractivity contribution in [2.45, 2.75) is 49.2 Å². The van der Waals surface area contributed by atoms with Gasteiger partial charge in [-0.05, 0) is 88.6 Å². The summed E-state index contributed by atoms with van der Waals surface area (Å²) in [5, 5.41) is 24.3. The smallest absolute Gasteiger partial charge is 0.133 e. The van der Waals surface area contributed by atoms with E-state index in [1.54, 1.807) is 12.1 Å². The second kappa shape index (κ2) is 9.09. The highest BCUT2D eigenvalue weighted by Crippen LogP contribution is 2.47. The van der Waals surface area contributed by atoms with Crippen LogP contribution in [-0.2, 0) is 30.5 Å². The molecule has 0 aromatic heterocycles. The standard InChI is InChI=1S/C34H31FO2/c1-2-33(36)29-14-7-4-11-25(29)22-24(26-12-5-8-15-30(26)33)20-21-34(37)28-13-6-3-10-23(28)18-19-27-31(34)16-9-17-32(27)35/h2-17,24,36-37H,1,18-22H2. The minimum absolute atomic E-state index is 0.0581. The SMILES string of the molecule is C=CC1(O)c2ccccc2CC(CCC2(O)c3ccccc3CCc3c(F)cccc32)c2ccccc21. The molecule has 37 heavy (non-hydrogen) atoms. The molecule has 0 spiro atoms. The van der Waals surface area contributed by atoms with E-state index in [-0.39, 0.29) is 11.7 Å². The zero-order chi connectivity index (χ0) is 25.6. The number of hydrogen-bond donors (Lipinski definition) is 2. The maximum absolute atomic E-state index is 15.0. The van der Waals surface area contributed by atoms with Crippen molar-refractivity contribution in [3.8, 4) is 0 Å². The molecular formula is C34H31FO2. The number of aryl methyl sites for hydroxylation is 1. The molecule has 0 saturated heterocycles. The lowest BCUT2D eigenvalue weighted by Crippen LogP contribution is -2.30. The maximum Gasteiger partial charge on any atom is 0.133 e. The summed E-state index contributed by atoms with van der Waals surface area (Å²) < 4.78 is 15.0. The first-order valence-corrected chi connectivity index (χ1v) is 13.1. The third-order valence-electron chi connectivity index (χ3n) is 8.53. The van der Waals surface area contributed by atoms with Crippen molar-refractivity contribution in [2.24, 2.45) is 0 Å². The average Bonchev–Trinajstić information content (AvgIpc) is 3.13. The first kappa shape index (κ1) is 23.8. The molecule has 2 aliphatic rings. The Kier molecular flexibility index (Phi) is 5.86. The van der Waals surface area contributed by atoms with Crippen LogP contribution in [0.4, 0.5) is 4.39 Å². The molecular weight excluding hydrogens is 459 g/mol. The highest BCUT2D eigenvalue weighted by Gasteiger charge is 2.41. The Morgan fingerprint density at radius 3 is 2.19 bits per heavy atom. The van der Waals surface area contributed by atoms with E-state index in [1.165, 1.54) is 6.07 Å². The van der Waals surface area contributed by atoms with Gasteiger partial charge >= 0.3 is 0 Å². The van der Waals surface area contributed by atoms with Crippen LogP contribution in [0.2, 0.25) is 0 Å². The van der Waals surface area contributed by atoms with Gasteiger partial charge in [-0.25, -0.2) is 4.39 Å². The van der Waals surface area contributed by atoms with Crippen LogP contribution in [0.5, 0.6) is 0 Å². The van der Waals surface area contributed by atoms with Crippen LogP contribution in [0.1, 0.15) is 63.3 Å². The predicted molar refractivity (Wildman–Crippen MR) is 145 cm³/mol. The number of benzene rings is 4. The Bertz CT molecular complexity index is 1490. The van der Waals surface area contributed by atoms with E-state index in [1.807, 2.05) is 66.7 Å². The summed E-state index contributed by atoms with van der Waals surface area (Å²) in [5.41, 5.74) is 4.43. The number of aliphatic hydroxyl groups is 2. The van der Waals surface area contributed by atoms with Crippen molar-refractivity contribution in [2.75, 3.05) is 0 Å². The van der Waals surface area contributed by atoms with Gasteiger partial charge < -0.3 is 10.2 Å². The summed E-state index contributed by atoms with van der Waals surface area (Å²) in [6.07, 6.45) is 4.72. The third kappa shape index (κ3) is 3.77. The van der Waals surface area contributed by atoms with Crippen molar-refractivity contribution >= 4 is 0 Å². The number of halogens is 1. The van der Waals surface area contributed by atoms with Crippen LogP contribution in [0.25, 0.3) is 0 Å². The van der Waals surface area contributed by atoms with Gasteiger partial charge in [0.1, 0.15) is 17.0 Å². The van der Waals surface area contributed by atoms with Gasteiger partial charge in [-0.15, -0.1) is 0 Å². The van der Waals surface area contributed by atoms with Crippen molar-refractivity contribution in [1.29, 1.82) is 0 Å². The first-order chi connectivity index (χ1) is 18.0. The third-order valence-corrected chi connectivity index (χ3v) is 8.53. The highest BCUT2D eigenvalue weighted by molar-refractivity contribution is 5.52. The van der Waals surface area contributed by atoms with Gasteiger partial charge in [0.15, 0.2) is 0 Å². The van der Waals surface area contributed by atoms with Gasteiger partial charge in [0.25, 0.3) is 0 Å². The molecule has 4 aromatic rings. The van der Waals surface area contributed by atoms with Crippen LogP contribution >= 0.6 is 0 Å². The van der Waals surface area contributed by atoms with E-state index < -0.39 is 11.2 Å². The van der Waals surface area contributed by atoms with Crippen LogP contribution in [0, 0.1) is 5.82 Å². The Morgan fingerprint density at radius 1 is 0.757 bits per heavy atom. The van der Waals surface area contributed by atoms with Gasteiger partial charge in [-0.3, -0.25) is 0 Å². The van der Waals surface area contributed by atoms with E-state index in [0.29, 0.717) is 36.8 Å². The second-order valence-electron chi connectivity index (χ2n) is 10.4. The van der Waals surface area contributed by atoms with Crippen LogP contribution in [0.15, 0.2) is 104 Å². The minimum Gasteiger partial charge on any atom is -0.380 e. The molecule has 186 valence electrons. The van der Waals surface area contributed by atoms with Crippen molar-refractivity contribution < 1.29 is 14.6 Å². The number of hydrogen-bond acceptors (Lipinski definition) is 2. The van der Waals surface area contributed by atoms with E-state index >= 15 is 4.39 Å². The monoisotopic (exact) mass is 490 g/mol. The lowest BCUT2D eigenvalue weighted by Gasteiger charge is -2.33. The first-order valence-electron chi connectivity index (χ1n) is 13.1. The summed E-state index contributed by atoms with van der Waals surface area (Å²) in [5.74, 6) is -0.198. The molecule has 0 amide bonds. The maximum atomic E-state index is 15.0.